The van der Waals surface area contributed by atoms with Crippen LogP contribution in [-0.4, -0.2) is 16.2 Å². The van der Waals surface area contributed by atoms with Crippen molar-refractivity contribution in [3.05, 3.63) is 115 Å². The Hall–Kier alpha value is -5.39. The molecule has 1 aliphatic heterocycles. The highest BCUT2D eigenvalue weighted by atomic mass is 32.1. The predicted octanol–water partition coefficient (Wildman–Crippen LogP) is 10.6. The third-order valence-corrected chi connectivity index (χ3v) is 10.5. The molecule has 1 atom stereocenters. The number of fused-ring (bicyclic) bond motifs is 14. The molecular weight excluding hydrogens is 547 g/mol. The summed E-state index contributed by atoms with van der Waals surface area (Å²) in [7, 11) is 0. The summed E-state index contributed by atoms with van der Waals surface area (Å²) in [5.74, 6) is 0.961. The number of aromatic nitrogens is 1. The minimum atomic E-state index is 0.0712. The molecular formula is C38H21N3OS. The maximum atomic E-state index is 6.71. The zero-order valence-corrected chi connectivity index (χ0v) is 23.6. The normalized spacial score (nSPS) is 16.3. The number of nitrogens with zero attached hydrogens (tertiary/aromatic N) is 2. The maximum Gasteiger partial charge on any atom is 0.162 e. The first-order chi connectivity index (χ1) is 21.3. The molecule has 0 spiro atoms. The molecule has 0 bridgehead atoms. The van der Waals surface area contributed by atoms with E-state index in [0.29, 0.717) is 0 Å². The van der Waals surface area contributed by atoms with Crippen molar-refractivity contribution in [1.82, 2.24) is 4.40 Å². The van der Waals surface area contributed by atoms with Crippen molar-refractivity contribution in [2.45, 2.75) is 6.04 Å². The van der Waals surface area contributed by atoms with Crippen molar-refractivity contribution in [3.8, 4) is 11.1 Å². The maximum absolute atomic E-state index is 6.71. The Labute approximate surface area is 248 Å². The minimum absolute atomic E-state index is 0.0712. The lowest BCUT2D eigenvalue weighted by Crippen LogP contribution is -2.29. The van der Waals surface area contributed by atoms with Gasteiger partial charge >= 0.3 is 0 Å². The van der Waals surface area contributed by atoms with Crippen molar-refractivity contribution in [1.29, 1.82) is 0 Å². The lowest BCUT2D eigenvalue weighted by Gasteiger charge is -2.23. The van der Waals surface area contributed by atoms with Gasteiger partial charge in [-0.25, -0.2) is 4.99 Å². The first-order valence-corrected chi connectivity index (χ1v) is 15.4. The van der Waals surface area contributed by atoms with Crippen LogP contribution >= 0.6 is 11.3 Å². The molecule has 9 aromatic rings. The van der Waals surface area contributed by atoms with Crippen molar-refractivity contribution in [2.75, 3.05) is 5.32 Å². The fraction of sp³-hybridized carbons (Fsp3) is 0.0263. The fourth-order valence-corrected chi connectivity index (χ4v) is 8.58. The number of furan rings is 1. The molecule has 5 heterocycles. The van der Waals surface area contributed by atoms with Gasteiger partial charge in [-0.2, -0.15) is 0 Å². The van der Waals surface area contributed by atoms with E-state index >= 15 is 0 Å². The van der Waals surface area contributed by atoms with Gasteiger partial charge in [0.15, 0.2) is 5.82 Å². The molecule has 11 rings (SSSR count). The molecule has 1 unspecified atom stereocenters. The molecule has 0 saturated heterocycles. The second kappa shape index (κ2) is 7.71. The van der Waals surface area contributed by atoms with Crippen LogP contribution in [0, 0.1) is 0 Å². The number of para-hydroxylation sites is 1. The number of allylic oxidation sites excluding steroid dienone is 2. The number of rotatable bonds is 1. The summed E-state index contributed by atoms with van der Waals surface area (Å²) in [6.07, 6.45) is 8.41. The highest BCUT2D eigenvalue weighted by molar-refractivity contribution is 7.25. The Balaban J connectivity index is 1.18. The van der Waals surface area contributed by atoms with Crippen LogP contribution < -0.4 is 5.32 Å². The van der Waals surface area contributed by atoms with Gasteiger partial charge in [0, 0.05) is 47.1 Å². The zero-order chi connectivity index (χ0) is 27.8. The second-order valence-electron chi connectivity index (χ2n) is 11.6. The molecule has 0 amide bonds. The lowest BCUT2D eigenvalue weighted by molar-refractivity contribution is 0.670. The van der Waals surface area contributed by atoms with E-state index in [1.807, 2.05) is 11.3 Å². The first kappa shape index (κ1) is 22.2. The Morgan fingerprint density at radius 2 is 1.51 bits per heavy atom. The molecule has 0 saturated carbocycles. The van der Waals surface area contributed by atoms with Crippen LogP contribution in [0.5, 0.6) is 0 Å². The van der Waals surface area contributed by atoms with Crippen molar-refractivity contribution >= 4 is 97.9 Å². The van der Waals surface area contributed by atoms with Crippen LogP contribution in [-0.2, 0) is 0 Å². The van der Waals surface area contributed by atoms with Gasteiger partial charge in [-0.15, -0.1) is 11.3 Å². The van der Waals surface area contributed by atoms with E-state index < -0.39 is 0 Å². The van der Waals surface area contributed by atoms with E-state index in [4.69, 9.17) is 9.41 Å². The third kappa shape index (κ3) is 2.78. The third-order valence-electron chi connectivity index (χ3n) is 9.32. The van der Waals surface area contributed by atoms with E-state index in [-0.39, 0.29) is 6.04 Å². The number of anilines is 1. The predicted molar refractivity (Wildman–Crippen MR) is 182 cm³/mol. The monoisotopic (exact) mass is 567 g/mol. The van der Waals surface area contributed by atoms with E-state index in [0.717, 1.165) is 44.7 Å². The highest BCUT2D eigenvalue weighted by Gasteiger charge is 2.30. The van der Waals surface area contributed by atoms with Crippen LogP contribution in [0.3, 0.4) is 0 Å². The van der Waals surface area contributed by atoms with E-state index in [9.17, 15) is 0 Å². The van der Waals surface area contributed by atoms with Gasteiger partial charge in [-0.3, -0.25) is 4.40 Å². The van der Waals surface area contributed by atoms with Crippen LogP contribution in [0.2, 0.25) is 0 Å². The number of hydrogen-bond acceptors (Lipinski definition) is 4. The summed E-state index contributed by atoms with van der Waals surface area (Å²) in [6, 6.07) is 33.1. The van der Waals surface area contributed by atoms with Crippen LogP contribution in [0.15, 0.2) is 125 Å². The summed E-state index contributed by atoms with van der Waals surface area (Å²) in [5.41, 5.74) is 8.65. The molecule has 1 aliphatic carbocycles. The van der Waals surface area contributed by atoms with Crippen molar-refractivity contribution < 1.29 is 4.42 Å². The number of nitrogens with one attached hydrogen (secondary N) is 1. The number of thiophene rings is 1. The Morgan fingerprint density at radius 1 is 0.698 bits per heavy atom. The molecule has 0 radical (unpaired) electrons. The summed E-state index contributed by atoms with van der Waals surface area (Å²) in [4.78, 5) is 5.17. The molecule has 200 valence electrons. The Kier molecular flexibility index (Phi) is 3.99. The largest absolute Gasteiger partial charge is 0.456 e. The Morgan fingerprint density at radius 3 is 2.47 bits per heavy atom. The summed E-state index contributed by atoms with van der Waals surface area (Å²) in [5, 5.41) is 12.3. The van der Waals surface area contributed by atoms with Crippen LogP contribution in [0.25, 0.3) is 80.4 Å². The summed E-state index contributed by atoms with van der Waals surface area (Å²) in [6.45, 7) is 0. The Bertz CT molecular complexity index is 2770. The van der Waals surface area contributed by atoms with Crippen LogP contribution in [0.4, 0.5) is 11.5 Å². The quantitative estimate of drug-likeness (QED) is 0.214. The van der Waals surface area contributed by atoms with Crippen molar-refractivity contribution in [2.24, 2.45) is 4.99 Å². The topological polar surface area (TPSA) is 41.9 Å². The van der Waals surface area contributed by atoms with Gasteiger partial charge in [0.25, 0.3) is 0 Å². The molecule has 5 aromatic carbocycles. The molecule has 0 fully saturated rings. The molecule has 4 nitrogen and oxygen atoms in total. The highest BCUT2D eigenvalue weighted by Crippen LogP contribution is 2.50. The van der Waals surface area contributed by atoms with Gasteiger partial charge < -0.3 is 9.73 Å². The number of hydrogen-bond donors (Lipinski definition) is 1. The summed E-state index contributed by atoms with van der Waals surface area (Å²) < 4.78 is 11.7. The minimum Gasteiger partial charge on any atom is -0.456 e. The lowest BCUT2D eigenvalue weighted by atomic mass is 9.99. The smallest absolute Gasteiger partial charge is 0.162 e. The van der Waals surface area contributed by atoms with Gasteiger partial charge in [0.2, 0.25) is 0 Å². The average molecular weight is 568 g/mol. The standard InChI is InChI=1S/C38H21N3OS/c1-5-11-29-24(8-1)35-34-25-16-14-20(21-13-15-23-22-7-2-6-12-32(22)43-33(23)18-21)17-30(25)42-31(34)19-26-36-38(41(29)37(26)35)40-28-10-4-3-9-27(28)39-36/h1-19,27,39H. The molecule has 43 heavy (non-hydrogen) atoms. The van der Waals surface area contributed by atoms with Gasteiger partial charge in [0.05, 0.1) is 28.5 Å². The molecule has 5 heteroatoms. The number of aliphatic imine (C=N–C) groups is 1. The summed E-state index contributed by atoms with van der Waals surface area (Å²) >= 11 is 1.85. The number of benzene rings is 5. The molecule has 2 aliphatic rings. The SMILES string of the molecule is C1=CC2=Nc3c(c4cc5oc6cc(-c7ccc8c(c7)sc7ccccc78)ccc6c5c5c6ccccc6n3c45)NC2C=C1. The molecule has 4 aromatic heterocycles. The fourth-order valence-electron chi connectivity index (χ4n) is 7.44. The molecule has 1 N–H and O–H groups in total. The van der Waals surface area contributed by atoms with Crippen LogP contribution in [0.1, 0.15) is 0 Å². The average Bonchev–Trinajstić information content (AvgIpc) is 3.78. The van der Waals surface area contributed by atoms with Gasteiger partial charge in [0.1, 0.15) is 11.2 Å². The zero-order valence-electron chi connectivity index (χ0n) is 22.8. The second-order valence-corrected chi connectivity index (χ2v) is 12.7. The van der Waals surface area contributed by atoms with E-state index in [1.165, 1.54) is 52.9 Å². The first-order valence-electron chi connectivity index (χ1n) is 14.6. The van der Waals surface area contributed by atoms with E-state index in [2.05, 4.69) is 125 Å². The van der Waals surface area contributed by atoms with E-state index in [1.54, 1.807) is 0 Å². The van der Waals surface area contributed by atoms with Gasteiger partial charge in [-0.1, -0.05) is 72.8 Å². The van der Waals surface area contributed by atoms with Gasteiger partial charge in [-0.05, 0) is 53.6 Å². The van der Waals surface area contributed by atoms with Crippen molar-refractivity contribution in [3.63, 3.8) is 0 Å².